The van der Waals surface area contributed by atoms with Crippen molar-refractivity contribution < 1.29 is 14.7 Å². The van der Waals surface area contributed by atoms with Gasteiger partial charge in [0.15, 0.2) is 0 Å². The number of aliphatic carboxylic acids is 1. The first-order valence-electron chi connectivity index (χ1n) is 5.67. The van der Waals surface area contributed by atoms with Crippen molar-refractivity contribution in [2.24, 2.45) is 11.8 Å². The van der Waals surface area contributed by atoms with Crippen molar-refractivity contribution in [1.29, 1.82) is 0 Å². The summed E-state index contributed by atoms with van der Waals surface area (Å²) in [5.41, 5.74) is 0. The Balaban J connectivity index is 2.44. The highest BCUT2D eigenvalue weighted by atomic mass is 79.9. The lowest BCUT2D eigenvalue weighted by Crippen LogP contribution is -2.39. The van der Waals surface area contributed by atoms with Crippen LogP contribution >= 0.6 is 15.9 Å². The van der Waals surface area contributed by atoms with E-state index in [2.05, 4.69) is 21.2 Å². The molecular weight excluding hydrogens is 274 g/mol. The van der Waals surface area contributed by atoms with Gasteiger partial charge < -0.3 is 10.4 Å². The standard InChI is InChI=1S/C11H18BrNO3/c1-7(12)10(14)13-6-8-4-2-3-5-9(8)11(15)16/h7-9H,2-6H2,1H3,(H,13,14)(H,15,16)/t7?,8-,9-/m0/s1. The molecule has 1 saturated carbocycles. The molecule has 16 heavy (non-hydrogen) atoms. The fourth-order valence-corrected chi connectivity index (χ4v) is 2.31. The highest BCUT2D eigenvalue weighted by Gasteiger charge is 2.30. The molecule has 1 aliphatic rings. The summed E-state index contributed by atoms with van der Waals surface area (Å²) in [5, 5.41) is 11.8. The van der Waals surface area contributed by atoms with Gasteiger partial charge in [-0.2, -0.15) is 0 Å². The molecule has 5 heteroatoms. The molecule has 1 unspecified atom stereocenters. The minimum Gasteiger partial charge on any atom is -0.481 e. The molecule has 0 saturated heterocycles. The molecule has 1 aliphatic carbocycles. The summed E-state index contributed by atoms with van der Waals surface area (Å²) in [5.74, 6) is -1.01. The number of carboxylic acid groups (broad SMARTS) is 1. The average Bonchev–Trinajstić information content (AvgIpc) is 2.25. The Hall–Kier alpha value is -0.580. The zero-order chi connectivity index (χ0) is 12.1. The van der Waals surface area contributed by atoms with E-state index >= 15 is 0 Å². The van der Waals surface area contributed by atoms with Crippen LogP contribution in [0.5, 0.6) is 0 Å². The lowest BCUT2D eigenvalue weighted by Gasteiger charge is -2.28. The van der Waals surface area contributed by atoms with E-state index in [0.29, 0.717) is 6.54 Å². The first-order chi connectivity index (χ1) is 7.52. The maximum atomic E-state index is 11.4. The molecule has 0 spiro atoms. The molecule has 4 nitrogen and oxygen atoms in total. The van der Waals surface area contributed by atoms with Crippen molar-refractivity contribution >= 4 is 27.8 Å². The molecule has 1 amide bonds. The Morgan fingerprint density at radius 3 is 2.62 bits per heavy atom. The van der Waals surface area contributed by atoms with E-state index in [0.717, 1.165) is 25.7 Å². The zero-order valence-electron chi connectivity index (χ0n) is 9.41. The Kier molecular flexibility index (Phi) is 5.25. The van der Waals surface area contributed by atoms with Crippen LogP contribution in [0.3, 0.4) is 0 Å². The van der Waals surface area contributed by atoms with E-state index in [1.807, 2.05) is 0 Å². The van der Waals surface area contributed by atoms with E-state index in [4.69, 9.17) is 5.11 Å². The highest BCUT2D eigenvalue weighted by molar-refractivity contribution is 9.10. The second-order valence-electron chi connectivity index (χ2n) is 4.35. The largest absolute Gasteiger partial charge is 0.481 e. The number of alkyl halides is 1. The third kappa shape index (κ3) is 3.77. The monoisotopic (exact) mass is 291 g/mol. The number of amides is 1. The van der Waals surface area contributed by atoms with Gasteiger partial charge in [-0.05, 0) is 25.7 Å². The Morgan fingerprint density at radius 2 is 2.06 bits per heavy atom. The topological polar surface area (TPSA) is 66.4 Å². The predicted molar refractivity (Wildman–Crippen MR) is 64.5 cm³/mol. The number of halogens is 1. The van der Waals surface area contributed by atoms with Crippen molar-refractivity contribution in [1.82, 2.24) is 5.32 Å². The van der Waals surface area contributed by atoms with Crippen LogP contribution in [0, 0.1) is 11.8 Å². The molecule has 3 atom stereocenters. The smallest absolute Gasteiger partial charge is 0.306 e. The number of carbonyl (C=O) groups excluding carboxylic acids is 1. The number of hydrogen-bond acceptors (Lipinski definition) is 2. The third-order valence-electron chi connectivity index (χ3n) is 3.13. The van der Waals surface area contributed by atoms with E-state index < -0.39 is 5.97 Å². The zero-order valence-corrected chi connectivity index (χ0v) is 11.0. The van der Waals surface area contributed by atoms with E-state index in [1.165, 1.54) is 0 Å². The maximum absolute atomic E-state index is 11.4. The van der Waals surface area contributed by atoms with E-state index in [-0.39, 0.29) is 22.6 Å². The van der Waals surface area contributed by atoms with Gasteiger partial charge in [0.05, 0.1) is 10.7 Å². The first-order valence-corrected chi connectivity index (χ1v) is 6.58. The number of carbonyl (C=O) groups is 2. The summed E-state index contributed by atoms with van der Waals surface area (Å²) in [6.45, 7) is 2.23. The Morgan fingerprint density at radius 1 is 1.44 bits per heavy atom. The molecular formula is C11H18BrNO3. The Bertz CT molecular complexity index is 268. The summed E-state index contributed by atoms with van der Waals surface area (Å²) in [6.07, 6.45) is 3.68. The van der Waals surface area contributed by atoms with Crippen molar-refractivity contribution in [3.8, 4) is 0 Å². The van der Waals surface area contributed by atoms with Crippen LogP contribution < -0.4 is 5.32 Å². The van der Waals surface area contributed by atoms with Gasteiger partial charge in [0.1, 0.15) is 0 Å². The van der Waals surface area contributed by atoms with E-state index in [1.54, 1.807) is 6.92 Å². The molecule has 0 aromatic carbocycles. The third-order valence-corrected chi connectivity index (χ3v) is 3.54. The molecule has 0 radical (unpaired) electrons. The van der Waals surface area contributed by atoms with Crippen LogP contribution in [-0.2, 0) is 9.59 Å². The fraction of sp³-hybridized carbons (Fsp3) is 0.818. The molecule has 1 rings (SSSR count). The molecule has 0 bridgehead atoms. The minimum absolute atomic E-state index is 0.0743. The van der Waals surface area contributed by atoms with Gasteiger partial charge in [-0.15, -0.1) is 0 Å². The first kappa shape index (κ1) is 13.5. The van der Waals surface area contributed by atoms with Crippen LogP contribution in [0.25, 0.3) is 0 Å². The summed E-state index contributed by atoms with van der Waals surface area (Å²) < 4.78 is 0. The summed E-state index contributed by atoms with van der Waals surface area (Å²) >= 11 is 3.18. The van der Waals surface area contributed by atoms with Crippen LogP contribution in [-0.4, -0.2) is 28.4 Å². The van der Waals surface area contributed by atoms with Gasteiger partial charge in [0.2, 0.25) is 5.91 Å². The van der Waals surface area contributed by atoms with Crippen LogP contribution in [0.15, 0.2) is 0 Å². The van der Waals surface area contributed by atoms with Gasteiger partial charge in [0, 0.05) is 6.54 Å². The summed E-state index contributed by atoms with van der Waals surface area (Å²) in [4.78, 5) is 22.2. The van der Waals surface area contributed by atoms with Gasteiger partial charge in [-0.1, -0.05) is 28.8 Å². The van der Waals surface area contributed by atoms with E-state index in [9.17, 15) is 9.59 Å². The SMILES string of the molecule is CC(Br)C(=O)NC[C@@H]1CCCC[C@@H]1C(=O)O. The second-order valence-corrected chi connectivity index (χ2v) is 5.72. The van der Waals surface area contributed by atoms with Crippen molar-refractivity contribution in [3.05, 3.63) is 0 Å². The summed E-state index contributed by atoms with van der Waals surface area (Å²) in [7, 11) is 0. The lowest BCUT2D eigenvalue weighted by molar-refractivity contribution is -0.145. The average molecular weight is 292 g/mol. The normalized spacial score (nSPS) is 27.1. The number of nitrogens with one attached hydrogen (secondary N) is 1. The van der Waals surface area contributed by atoms with Gasteiger partial charge in [0.25, 0.3) is 0 Å². The van der Waals surface area contributed by atoms with Crippen LogP contribution in [0.2, 0.25) is 0 Å². The molecule has 0 aromatic rings. The molecule has 1 fully saturated rings. The number of carboxylic acids is 1. The summed E-state index contributed by atoms with van der Waals surface area (Å²) in [6, 6.07) is 0. The van der Waals surface area contributed by atoms with Crippen molar-refractivity contribution in [2.75, 3.05) is 6.54 Å². The molecule has 2 N–H and O–H groups in total. The minimum atomic E-state index is -0.731. The molecule has 0 aliphatic heterocycles. The fourth-order valence-electron chi connectivity index (χ4n) is 2.15. The molecule has 0 aromatic heterocycles. The van der Waals surface area contributed by atoms with Gasteiger partial charge in [-0.3, -0.25) is 9.59 Å². The van der Waals surface area contributed by atoms with Gasteiger partial charge in [-0.25, -0.2) is 0 Å². The lowest BCUT2D eigenvalue weighted by atomic mass is 9.79. The molecule has 92 valence electrons. The predicted octanol–water partition coefficient (Wildman–Crippen LogP) is 1.78. The van der Waals surface area contributed by atoms with Crippen LogP contribution in [0.1, 0.15) is 32.6 Å². The molecule has 0 heterocycles. The van der Waals surface area contributed by atoms with Crippen molar-refractivity contribution in [3.63, 3.8) is 0 Å². The highest BCUT2D eigenvalue weighted by Crippen LogP contribution is 2.29. The van der Waals surface area contributed by atoms with Crippen molar-refractivity contribution in [2.45, 2.75) is 37.4 Å². The van der Waals surface area contributed by atoms with Crippen LogP contribution in [0.4, 0.5) is 0 Å². The number of hydrogen-bond donors (Lipinski definition) is 2. The maximum Gasteiger partial charge on any atom is 0.306 e. The Labute approximate surface area is 104 Å². The quantitative estimate of drug-likeness (QED) is 0.776. The second kappa shape index (κ2) is 6.23. The number of rotatable bonds is 4. The van der Waals surface area contributed by atoms with Gasteiger partial charge >= 0.3 is 5.97 Å².